The van der Waals surface area contributed by atoms with Gasteiger partial charge in [-0.1, -0.05) is 0 Å². The van der Waals surface area contributed by atoms with Gasteiger partial charge in [0.15, 0.2) is 11.6 Å². The summed E-state index contributed by atoms with van der Waals surface area (Å²) in [6.07, 6.45) is 9.36. The summed E-state index contributed by atoms with van der Waals surface area (Å²) in [5.74, 6) is 1.97. The van der Waals surface area contributed by atoms with E-state index in [1.165, 1.54) is 0 Å². The van der Waals surface area contributed by atoms with Crippen LogP contribution < -0.4 is 9.64 Å². The summed E-state index contributed by atoms with van der Waals surface area (Å²) in [5.41, 5.74) is 0. The van der Waals surface area contributed by atoms with Crippen LogP contribution in [0.3, 0.4) is 0 Å². The Morgan fingerprint density at radius 1 is 1.20 bits per heavy atom. The zero-order chi connectivity index (χ0) is 17.2. The van der Waals surface area contributed by atoms with E-state index in [4.69, 9.17) is 4.74 Å². The molecule has 9 nitrogen and oxygen atoms in total. The Hall–Kier alpha value is -2.94. The van der Waals surface area contributed by atoms with Gasteiger partial charge in [-0.3, -0.25) is 9.67 Å². The van der Waals surface area contributed by atoms with Crippen molar-refractivity contribution in [1.82, 2.24) is 29.5 Å². The highest BCUT2D eigenvalue weighted by Crippen LogP contribution is 2.22. The first-order chi connectivity index (χ1) is 12.2. The summed E-state index contributed by atoms with van der Waals surface area (Å²) in [5, 5.41) is 18.7. The van der Waals surface area contributed by atoms with Gasteiger partial charge in [-0.2, -0.15) is 10.2 Å². The van der Waals surface area contributed by atoms with E-state index in [2.05, 4.69) is 20.2 Å². The molecule has 0 aliphatic carbocycles. The molecule has 1 aliphatic rings. The van der Waals surface area contributed by atoms with Gasteiger partial charge in [0, 0.05) is 25.5 Å². The molecule has 0 saturated carbocycles. The predicted octanol–water partition coefficient (Wildman–Crippen LogP) is 0.507. The lowest BCUT2D eigenvalue weighted by Crippen LogP contribution is -2.29. The van der Waals surface area contributed by atoms with Crippen molar-refractivity contribution in [3.8, 4) is 11.6 Å². The highest BCUT2D eigenvalue weighted by molar-refractivity contribution is 5.41. The molecule has 9 heteroatoms. The van der Waals surface area contributed by atoms with Crippen molar-refractivity contribution in [2.24, 2.45) is 0 Å². The number of aryl methyl sites for hydroxylation is 1. The van der Waals surface area contributed by atoms with E-state index in [9.17, 15) is 5.11 Å². The van der Waals surface area contributed by atoms with E-state index in [0.717, 1.165) is 6.54 Å². The Kier molecular flexibility index (Phi) is 4.06. The lowest BCUT2D eigenvalue weighted by molar-refractivity contribution is 0.0737. The molecule has 1 aliphatic heterocycles. The van der Waals surface area contributed by atoms with E-state index in [-0.39, 0.29) is 6.10 Å². The zero-order valence-electron chi connectivity index (χ0n) is 13.8. The number of hydrogen-bond acceptors (Lipinski definition) is 7. The van der Waals surface area contributed by atoms with E-state index in [0.29, 0.717) is 30.5 Å². The largest absolute Gasteiger partial charge is 0.482 e. The van der Waals surface area contributed by atoms with Gasteiger partial charge in [0.05, 0.1) is 31.3 Å². The Labute approximate surface area is 144 Å². The maximum atomic E-state index is 10.3. The summed E-state index contributed by atoms with van der Waals surface area (Å²) in [6, 6.07) is 1.83. The number of β-amino-alcohol motifs (C(OH)–C–C–N with tert-alkyl or cyclic N) is 1. The molecule has 4 heterocycles. The average molecular weight is 341 g/mol. The van der Waals surface area contributed by atoms with Crippen molar-refractivity contribution < 1.29 is 9.84 Å². The molecule has 25 heavy (non-hydrogen) atoms. The molecule has 3 aromatic rings. The van der Waals surface area contributed by atoms with Crippen LogP contribution in [0.15, 0.2) is 43.2 Å². The van der Waals surface area contributed by atoms with Crippen LogP contribution in [-0.2, 0) is 6.54 Å². The molecule has 0 unspecified atom stereocenters. The highest BCUT2D eigenvalue weighted by atomic mass is 16.5. The zero-order valence-corrected chi connectivity index (χ0v) is 13.8. The van der Waals surface area contributed by atoms with Crippen molar-refractivity contribution in [2.75, 3.05) is 18.0 Å². The van der Waals surface area contributed by atoms with Crippen LogP contribution in [0.25, 0.3) is 5.82 Å². The van der Waals surface area contributed by atoms with E-state index in [1.807, 2.05) is 30.3 Å². The Morgan fingerprint density at radius 2 is 2.08 bits per heavy atom. The van der Waals surface area contributed by atoms with Crippen LogP contribution in [-0.4, -0.2) is 59.9 Å². The number of aromatic nitrogens is 6. The number of ether oxygens (including phenoxy) is 1. The summed E-state index contributed by atoms with van der Waals surface area (Å²) in [4.78, 5) is 10.8. The standard InChI is InChI=1S/C16H19N7O2/c1-2-22-9-12(6-19-22)25-14-11-21(10-13(14)24)15-7-17-8-16(20-15)23-5-3-4-18-23/h3-9,13-14,24H,2,10-11H2,1H3/t13-,14-/m1/s1. The molecule has 0 spiro atoms. The minimum atomic E-state index is -0.611. The molecule has 1 N–H and O–H groups in total. The van der Waals surface area contributed by atoms with Crippen molar-refractivity contribution in [1.29, 1.82) is 0 Å². The number of anilines is 1. The first kappa shape index (κ1) is 15.6. The minimum Gasteiger partial charge on any atom is -0.482 e. The summed E-state index contributed by atoms with van der Waals surface area (Å²) < 4.78 is 9.32. The monoisotopic (exact) mass is 341 g/mol. The van der Waals surface area contributed by atoms with Crippen LogP contribution in [0, 0.1) is 0 Å². The third kappa shape index (κ3) is 3.18. The second kappa shape index (κ2) is 6.52. The maximum Gasteiger partial charge on any atom is 0.173 e. The van der Waals surface area contributed by atoms with Gasteiger partial charge in [0.25, 0.3) is 0 Å². The normalized spacial score (nSPS) is 20.2. The van der Waals surface area contributed by atoms with Crippen LogP contribution in [0.1, 0.15) is 6.92 Å². The number of aliphatic hydroxyl groups is 1. The lowest BCUT2D eigenvalue weighted by atomic mass is 10.3. The molecule has 1 fully saturated rings. The quantitative estimate of drug-likeness (QED) is 0.722. The molecular weight excluding hydrogens is 322 g/mol. The number of hydrogen-bond donors (Lipinski definition) is 1. The fourth-order valence-corrected chi connectivity index (χ4v) is 2.83. The average Bonchev–Trinajstić information content (AvgIpc) is 3.37. The first-order valence-electron chi connectivity index (χ1n) is 8.17. The van der Waals surface area contributed by atoms with Gasteiger partial charge >= 0.3 is 0 Å². The van der Waals surface area contributed by atoms with Gasteiger partial charge in [-0.25, -0.2) is 9.67 Å². The first-order valence-corrected chi connectivity index (χ1v) is 8.17. The molecule has 130 valence electrons. The van der Waals surface area contributed by atoms with Gasteiger partial charge in [-0.05, 0) is 13.0 Å². The van der Waals surface area contributed by atoms with Gasteiger partial charge in [-0.15, -0.1) is 0 Å². The molecule has 1 saturated heterocycles. The highest BCUT2D eigenvalue weighted by Gasteiger charge is 2.34. The van der Waals surface area contributed by atoms with Gasteiger partial charge in [0.1, 0.15) is 18.0 Å². The van der Waals surface area contributed by atoms with Crippen molar-refractivity contribution >= 4 is 5.82 Å². The van der Waals surface area contributed by atoms with Crippen molar-refractivity contribution in [3.05, 3.63) is 43.2 Å². The Balaban J connectivity index is 1.48. The summed E-state index contributed by atoms with van der Waals surface area (Å²) in [6.45, 7) is 3.74. The molecule has 0 radical (unpaired) electrons. The Bertz CT molecular complexity index is 833. The fourth-order valence-electron chi connectivity index (χ4n) is 2.83. The third-order valence-electron chi connectivity index (χ3n) is 4.13. The number of aliphatic hydroxyl groups excluding tert-OH is 1. The molecular formula is C16H19N7O2. The third-order valence-corrected chi connectivity index (χ3v) is 4.13. The Morgan fingerprint density at radius 3 is 2.84 bits per heavy atom. The SMILES string of the molecule is CCn1cc(O[C@@H]2CN(c3cncc(-n4cccn4)n3)C[C@H]2O)cn1. The smallest absolute Gasteiger partial charge is 0.173 e. The van der Waals surface area contributed by atoms with Crippen LogP contribution in [0.2, 0.25) is 0 Å². The maximum absolute atomic E-state index is 10.3. The van der Waals surface area contributed by atoms with Crippen molar-refractivity contribution in [2.45, 2.75) is 25.7 Å². The van der Waals surface area contributed by atoms with Crippen LogP contribution in [0.5, 0.6) is 5.75 Å². The predicted molar refractivity (Wildman–Crippen MR) is 89.7 cm³/mol. The van der Waals surface area contributed by atoms with Crippen LogP contribution in [0.4, 0.5) is 5.82 Å². The van der Waals surface area contributed by atoms with Crippen molar-refractivity contribution in [3.63, 3.8) is 0 Å². The molecule has 4 rings (SSSR count). The molecule has 0 aromatic carbocycles. The minimum absolute atomic E-state index is 0.343. The van der Waals surface area contributed by atoms with E-state index < -0.39 is 6.10 Å². The number of rotatable bonds is 5. The number of nitrogens with zero attached hydrogens (tertiary/aromatic N) is 7. The molecule has 0 amide bonds. The second-order valence-electron chi connectivity index (χ2n) is 5.85. The van der Waals surface area contributed by atoms with Crippen LogP contribution >= 0.6 is 0 Å². The second-order valence-corrected chi connectivity index (χ2v) is 5.85. The molecule has 3 aromatic heterocycles. The van der Waals surface area contributed by atoms with Gasteiger partial charge in [0.2, 0.25) is 0 Å². The molecule has 0 bridgehead atoms. The summed E-state index contributed by atoms with van der Waals surface area (Å²) in [7, 11) is 0. The molecule has 2 atom stereocenters. The van der Waals surface area contributed by atoms with E-state index >= 15 is 0 Å². The van der Waals surface area contributed by atoms with E-state index in [1.54, 1.807) is 34.2 Å². The lowest BCUT2D eigenvalue weighted by Gasteiger charge is -2.17. The van der Waals surface area contributed by atoms with Gasteiger partial charge < -0.3 is 14.7 Å². The topological polar surface area (TPSA) is 94.1 Å². The summed E-state index contributed by atoms with van der Waals surface area (Å²) >= 11 is 0. The fraction of sp³-hybridized carbons (Fsp3) is 0.375.